The Morgan fingerprint density at radius 2 is 2.03 bits per heavy atom. The first-order chi connectivity index (χ1) is 14.8. The van der Waals surface area contributed by atoms with E-state index in [4.69, 9.17) is 16.3 Å². The molecule has 1 aliphatic rings. The number of nitrogens with zero attached hydrogens (tertiary/aromatic N) is 3. The minimum Gasteiger partial charge on any atom is -0.377 e. The number of amides is 1. The molecule has 0 radical (unpaired) electrons. The maximum atomic E-state index is 12.8. The lowest BCUT2D eigenvalue weighted by Crippen LogP contribution is -2.34. The van der Waals surface area contributed by atoms with Crippen LogP contribution in [-0.2, 0) is 21.8 Å². The first-order valence-electron chi connectivity index (χ1n) is 9.78. The van der Waals surface area contributed by atoms with E-state index >= 15 is 0 Å². The Balaban J connectivity index is 1.55. The molecule has 2 aromatic carbocycles. The first kappa shape index (κ1) is 22.2. The summed E-state index contributed by atoms with van der Waals surface area (Å²) in [6.07, 6.45) is 1.73. The molecule has 0 N–H and O–H groups in total. The zero-order valence-corrected chi connectivity index (χ0v) is 19.5. The van der Waals surface area contributed by atoms with E-state index in [2.05, 4.69) is 4.99 Å². The largest absolute Gasteiger partial charge is 0.377 e. The molecule has 10 heteroatoms. The summed E-state index contributed by atoms with van der Waals surface area (Å²) in [6, 6.07) is 11.4. The van der Waals surface area contributed by atoms with Crippen LogP contribution in [0, 0.1) is 0 Å². The average molecular weight is 480 g/mol. The molecular weight excluding hydrogens is 458 g/mol. The van der Waals surface area contributed by atoms with Gasteiger partial charge in [-0.15, -0.1) is 0 Å². The van der Waals surface area contributed by atoms with E-state index in [1.54, 1.807) is 13.1 Å². The fraction of sp³-hybridized carbons (Fsp3) is 0.333. The van der Waals surface area contributed by atoms with Gasteiger partial charge in [0.1, 0.15) is 0 Å². The number of thiazole rings is 1. The molecule has 1 aliphatic heterocycles. The van der Waals surface area contributed by atoms with Crippen LogP contribution in [0.2, 0.25) is 5.02 Å². The molecule has 1 unspecified atom stereocenters. The number of benzene rings is 2. The van der Waals surface area contributed by atoms with E-state index in [1.807, 2.05) is 23.7 Å². The summed E-state index contributed by atoms with van der Waals surface area (Å²) in [7, 11) is -0.287. The molecule has 1 fully saturated rings. The third-order valence-electron chi connectivity index (χ3n) is 5.26. The third-order valence-corrected chi connectivity index (χ3v) is 8.43. The second kappa shape index (κ2) is 8.84. The van der Waals surface area contributed by atoms with Crippen molar-refractivity contribution in [2.45, 2.75) is 23.8 Å². The highest BCUT2D eigenvalue weighted by Crippen LogP contribution is 2.22. The maximum absolute atomic E-state index is 12.8. The number of rotatable bonds is 5. The Hall–Kier alpha value is -2.04. The summed E-state index contributed by atoms with van der Waals surface area (Å²) in [4.78, 5) is 17.5. The maximum Gasteiger partial charge on any atom is 0.279 e. The van der Waals surface area contributed by atoms with Gasteiger partial charge in [-0.3, -0.25) is 4.79 Å². The van der Waals surface area contributed by atoms with Gasteiger partial charge in [0.05, 0.1) is 21.2 Å². The zero-order valence-electron chi connectivity index (χ0n) is 17.1. The second-order valence-electron chi connectivity index (χ2n) is 7.42. The number of carbonyl (C=O) groups is 1. The van der Waals surface area contributed by atoms with Gasteiger partial charge in [0, 0.05) is 37.8 Å². The van der Waals surface area contributed by atoms with Crippen LogP contribution in [-0.4, -0.2) is 49.5 Å². The quantitative estimate of drug-likeness (QED) is 0.561. The smallest absolute Gasteiger partial charge is 0.279 e. The summed E-state index contributed by atoms with van der Waals surface area (Å²) in [5.74, 6) is -0.440. The number of carbonyl (C=O) groups excluding carboxylic acids is 1. The molecule has 1 saturated heterocycles. The number of halogens is 1. The molecule has 7 nitrogen and oxygen atoms in total. The fourth-order valence-corrected chi connectivity index (χ4v) is 5.98. The van der Waals surface area contributed by atoms with Gasteiger partial charge in [0.15, 0.2) is 4.80 Å². The van der Waals surface area contributed by atoms with Crippen LogP contribution < -0.4 is 4.80 Å². The SMILES string of the molecule is CN(CC1CCCO1)S(=O)(=O)c1ccc(C(=O)N=c2sc3cc(Cl)ccc3n2C)cc1. The Morgan fingerprint density at radius 1 is 1.29 bits per heavy atom. The molecule has 4 rings (SSSR count). The molecule has 0 spiro atoms. The molecule has 1 amide bonds. The van der Waals surface area contributed by atoms with E-state index in [0.29, 0.717) is 28.5 Å². The standard InChI is InChI=1S/C21H22ClN3O4S2/c1-24(13-16-4-3-11-29-16)31(27,28)17-8-5-14(6-9-17)20(26)23-21-25(2)18-10-7-15(22)12-19(18)30-21/h5-10,12,16H,3-4,11,13H2,1-2H3. The van der Waals surface area contributed by atoms with Crippen LogP contribution in [0.15, 0.2) is 52.4 Å². The molecule has 1 atom stereocenters. The Kier molecular flexibility index (Phi) is 6.32. The van der Waals surface area contributed by atoms with Gasteiger partial charge in [0.2, 0.25) is 10.0 Å². The van der Waals surface area contributed by atoms with E-state index in [0.717, 1.165) is 23.1 Å². The number of likely N-dealkylation sites (N-methyl/N-ethyl adjacent to an activating group) is 1. The molecular formula is C21H22ClN3O4S2. The van der Waals surface area contributed by atoms with Crippen molar-refractivity contribution in [1.29, 1.82) is 0 Å². The van der Waals surface area contributed by atoms with Crippen LogP contribution in [0.5, 0.6) is 0 Å². The lowest BCUT2D eigenvalue weighted by molar-refractivity contribution is 0.0979. The van der Waals surface area contributed by atoms with Crippen molar-refractivity contribution >= 4 is 49.1 Å². The minimum absolute atomic E-state index is 0.0728. The van der Waals surface area contributed by atoms with Gasteiger partial charge in [-0.05, 0) is 55.3 Å². The monoisotopic (exact) mass is 479 g/mol. The highest BCUT2D eigenvalue weighted by atomic mass is 35.5. The number of aryl methyl sites for hydroxylation is 1. The summed E-state index contributed by atoms with van der Waals surface area (Å²) in [6.45, 7) is 0.980. The molecule has 1 aromatic heterocycles. The number of ether oxygens (including phenoxy) is 1. The predicted octanol–water partition coefficient (Wildman–Crippen LogP) is 3.43. The normalized spacial score (nSPS) is 17.7. The molecule has 2 heterocycles. The highest BCUT2D eigenvalue weighted by molar-refractivity contribution is 7.89. The number of hydrogen-bond acceptors (Lipinski definition) is 5. The summed E-state index contributed by atoms with van der Waals surface area (Å²) in [5.41, 5.74) is 1.24. The average Bonchev–Trinajstić information content (AvgIpc) is 3.36. The van der Waals surface area contributed by atoms with Gasteiger partial charge in [-0.1, -0.05) is 22.9 Å². The van der Waals surface area contributed by atoms with Crippen LogP contribution in [0.1, 0.15) is 23.2 Å². The fourth-order valence-electron chi connectivity index (χ4n) is 3.49. The highest BCUT2D eigenvalue weighted by Gasteiger charge is 2.26. The van der Waals surface area contributed by atoms with Crippen LogP contribution in [0.25, 0.3) is 10.2 Å². The molecule has 164 valence electrons. The third kappa shape index (κ3) is 4.61. The molecule has 0 aliphatic carbocycles. The van der Waals surface area contributed by atoms with Gasteiger partial charge in [-0.2, -0.15) is 9.30 Å². The Morgan fingerprint density at radius 3 is 2.71 bits per heavy atom. The predicted molar refractivity (Wildman–Crippen MR) is 121 cm³/mol. The summed E-state index contributed by atoms with van der Waals surface area (Å²) >= 11 is 7.41. The molecule has 0 saturated carbocycles. The van der Waals surface area contributed by atoms with Crippen molar-refractivity contribution in [1.82, 2.24) is 8.87 Å². The van der Waals surface area contributed by atoms with Gasteiger partial charge in [-0.25, -0.2) is 8.42 Å². The lowest BCUT2D eigenvalue weighted by atomic mass is 10.2. The van der Waals surface area contributed by atoms with Crippen molar-refractivity contribution in [3.05, 3.63) is 57.9 Å². The van der Waals surface area contributed by atoms with Gasteiger partial charge >= 0.3 is 0 Å². The topological polar surface area (TPSA) is 81.0 Å². The number of aromatic nitrogens is 1. The molecule has 31 heavy (non-hydrogen) atoms. The van der Waals surface area contributed by atoms with Crippen molar-refractivity contribution in [2.75, 3.05) is 20.2 Å². The van der Waals surface area contributed by atoms with Crippen LogP contribution >= 0.6 is 22.9 Å². The van der Waals surface area contributed by atoms with Gasteiger partial charge < -0.3 is 9.30 Å². The number of fused-ring (bicyclic) bond motifs is 1. The van der Waals surface area contributed by atoms with Crippen molar-refractivity contribution in [3.63, 3.8) is 0 Å². The van der Waals surface area contributed by atoms with E-state index in [9.17, 15) is 13.2 Å². The van der Waals surface area contributed by atoms with Crippen molar-refractivity contribution in [2.24, 2.45) is 12.0 Å². The first-order valence-corrected chi connectivity index (χ1v) is 12.4. The molecule has 3 aromatic rings. The van der Waals surface area contributed by atoms with E-state index in [1.165, 1.54) is 39.9 Å². The van der Waals surface area contributed by atoms with Crippen LogP contribution in [0.4, 0.5) is 0 Å². The Labute approximate surface area is 189 Å². The lowest BCUT2D eigenvalue weighted by Gasteiger charge is -2.20. The van der Waals surface area contributed by atoms with Gasteiger partial charge in [0.25, 0.3) is 5.91 Å². The summed E-state index contributed by atoms with van der Waals surface area (Å²) in [5, 5.41) is 0.619. The number of hydrogen-bond donors (Lipinski definition) is 0. The van der Waals surface area contributed by atoms with Crippen molar-refractivity contribution < 1.29 is 17.9 Å². The van der Waals surface area contributed by atoms with Crippen molar-refractivity contribution in [3.8, 4) is 0 Å². The van der Waals surface area contributed by atoms with E-state index < -0.39 is 15.9 Å². The molecule has 0 bridgehead atoms. The van der Waals surface area contributed by atoms with E-state index in [-0.39, 0.29) is 11.0 Å². The van der Waals surface area contributed by atoms with Crippen LogP contribution in [0.3, 0.4) is 0 Å². The minimum atomic E-state index is -3.66. The zero-order chi connectivity index (χ0) is 22.2. The summed E-state index contributed by atoms with van der Waals surface area (Å²) < 4.78 is 35.2. The Bertz CT molecular complexity index is 1290. The number of sulfonamides is 1. The second-order valence-corrected chi connectivity index (χ2v) is 10.9.